The number of hydrogen-bond acceptors (Lipinski definition) is 3. The molecule has 2 N–H and O–H groups in total. The molecule has 4 nitrogen and oxygen atoms in total. The summed E-state index contributed by atoms with van der Waals surface area (Å²) >= 11 is 0. The average Bonchev–Trinajstić information content (AvgIpc) is 2.37. The molecule has 0 heterocycles. The topological polar surface area (TPSA) is 58.2 Å². The fourth-order valence-electron chi connectivity index (χ4n) is 1.83. The molecule has 0 saturated heterocycles. The van der Waals surface area contributed by atoms with Gasteiger partial charge in [-0.2, -0.15) is 0 Å². The van der Waals surface area contributed by atoms with Crippen molar-refractivity contribution in [2.45, 2.75) is 33.1 Å². The van der Waals surface area contributed by atoms with Gasteiger partial charge in [0.15, 0.2) is 0 Å². The van der Waals surface area contributed by atoms with Crippen LogP contribution in [0.3, 0.4) is 0 Å². The fourth-order valence-corrected chi connectivity index (χ4v) is 2.88. The SMILES string of the molecule is CCCNCCS(=O)(=O)Nc1ccccc1CCC. The third kappa shape index (κ3) is 6.07. The second kappa shape index (κ2) is 8.17. The van der Waals surface area contributed by atoms with Gasteiger partial charge in [-0.1, -0.05) is 38.5 Å². The Hall–Kier alpha value is -1.07. The maximum absolute atomic E-state index is 12.0. The van der Waals surface area contributed by atoms with Crippen LogP contribution in [0.2, 0.25) is 0 Å². The van der Waals surface area contributed by atoms with Crippen LogP contribution in [0.25, 0.3) is 0 Å². The Balaban J connectivity index is 2.62. The van der Waals surface area contributed by atoms with Gasteiger partial charge in [-0.05, 0) is 31.0 Å². The zero-order chi connectivity index (χ0) is 14.1. The minimum absolute atomic E-state index is 0.105. The highest BCUT2D eigenvalue weighted by atomic mass is 32.2. The number of para-hydroxylation sites is 1. The van der Waals surface area contributed by atoms with Crippen molar-refractivity contribution < 1.29 is 8.42 Å². The van der Waals surface area contributed by atoms with Gasteiger partial charge in [0, 0.05) is 6.54 Å². The molecule has 19 heavy (non-hydrogen) atoms. The molecule has 5 heteroatoms. The van der Waals surface area contributed by atoms with Crippen LogP contribution in [-0.2, 0) is 16.4 Å². The van der Waals surface area contributed by atoms with Crippen LogP contribution in [0.4, 0.5) is 5.69 Å². The monoisotopic (exact) mass is 284 g/mol. The van der Waals surface area contributed by atoms with Crippen LogP contribution in [0.15, 0.2) is 24.3 Å². The first-order valence-electron chi connectivity index (χ1n) is 6.88. The van der Waals surface area contributed by atoms with Crippen molar-refractivity contribution in [1.82, 2.24) is 5.32 Å². The molecular formula is C14H24N2O2S. The van der Waals surface area contributed by atoms with Gasteiger partial charge in [-0.3, -0.25) is 4.72 Å². The van der Waals surface area contributed by atoms with Gasteiger partial charge in [0.2, 0.25) is 10.0 Å². The van der Waals surface area contributed by atoms with Crippen molar-refractivity contribution in [2.24, 2.45) is 0 Å². The molecule has 0 amide bonds. The number of anilines is 1. The van der Waals surface area contributed by atoms with E-state index in [0.29, 0.717) is 12.2 Å². The van der Waals surface area contributed by atoms with E-state index >= 15 is 0 Å². The molecular weight excluding hydrogens is 260 g/mol. The van der Waals surface area contributed by atoms with Gasteiger partial charge in [0.1, 0.15) is 0 Å². The average molecular weight is 284 g/mol. The quantitative estimate of drug-likeness (QED) is 0.685. The summed E-state index contributed by atoms with van der Waals surface area (Å²) in [6, 6.07) is 7.58. The molecule has 1 rings (SSSR count). The summed E-state index contributed by atoms with van der Waals surface area (Å²) < 4.78 is 26.6. The molecule has 0 aliphatic carbocycles. The predicted molar refractivity (Wildman–Crippen MR) is 81.0 cm³/mol. The summed E-state index contributed by atoms with van der Waals surface area (Å²) in [5.74, 6) is 0.105. The first-order valence-corrected chi connectivity index (χ1v) is 8.53. The smallest absolute Gasteiger partial charge is 0.233 e. The summed E-state index contributed by atoms with van der Waals surface area (Å²) in [6.45, 7) is 5.47. The van der Waals surface area contributed by atoms with Gasteiger partial charge >= 0.3 is 0 Å². The predicted octanol–water partition coefficient (Wildman–Crippen LogP) is 2.38. The molecule has 0 aromatic heterocycles. The van der Waals surface area contributed by atoms with Crippen molar-refractivity contribution in [1.29, 1.82) is 0 Å². The Bertz CT molecular complexity index is 472. The lowest BCUT2D eigenvalue weighted by molar-refractivity contribution is 0.595. The second-order valence-electron chi connectivity index (χ2n) is 4.58. The maximum atomic E-state index is 12.0. The van der Waals surface area contributed by atoms with E-state index in [2.05, 4.69) is 23.9 Å². The summed E-state index contributed by atoms with van der Waals surface area (Å²) in [5.41, 5.74) is 1.76. The fraction of sp³-hybridized carbons (Fsp3) is 0.571. The van der Waals surface area contributed by atoms with E-state index in [1.54, 1.807) is 0 Å². The molecule has 108 valence electrons. The second-order valence-corrected chi connectivity index (χ2v) is 6.42. The van der Waals surface area contributed by atoms with E-state index in [1.165, 1.54) is 0 Å². The van der Waals surface area contributed by atoms with Crippen molar-refractivity contribution in [3.63, 3.8) is 0 Å². The van der Waals surface area contributed by atoms with Crippen molar-refractivity contribution in [3.8, 4) is 0 Å². The molecule has 0 atom stereocenters. The van der Waals surface area contributed by atoms with Gasteiger partial charge in [-0.15, -0.1) is 0 Å². The van der Waals surface area contributed by atoms with Gasteiger partial charge in [-0.25, -0.2) is 8.42 Å². The van der Waals surface area contributed by atoms with Crippen LogP contribution in [0.5, 0.6) is 0 Å². The number of hydrogen-bond donors (Lipinski definition) is 2. The van der Waals surface area contributed by atoms with E-state index in [9.17, 15) is 8.42 Å². The van der Waals surface area contributed by atoms with E-state index < -0.39 is 10.0 Å². The zero-order valence-electron chi connectivity index (χ0n) is 11.8. The van der Waals surface area contributed by atoms with Crippen molar-refractivity contribution >= 4 is 15.7 Å². The first-order chi connectivity index (χ1) is 9.09. The minimum Gasteiger partial charge on any atom is -0.316 e. The van der Waals surface area contributed by atoms with Crippen LogP contribution >= 0.6 is 0 Å². The third-order valence-corrected chi connectivity index (χ3v) is 4.05. The summed E-state index contributed by atoms with van der Waals surface area (Å²) in [6.07, 6.45) is 2.89. The molecule has 1 aromatic carbocycles. The number of nitrogens with one attached hydrogen (secondary N) is 2. The Kier molecular flexibility index (Phi) is 6.87. The lowest BCUT2D eigenvalue weighted by Gasteiger charge is -2.12. The van der Waals surface area contributed by atoms with Crippen LogP contribution in [0, 0.1) is 0 Å². The van der Waals surface area contributed by atoms with Gasteiger partial charge in [0.25, 0.3) is 0 Å². The highest BCUT2D eigenvalue weighted by Crippen LogP contribution is 2.18. The number of benzene rings is 1. The molecule has 0 aliphatic heterocycles. The van der Waals surface area contributed by atoms with Crippen LogP contribution < -0.4 is 10.0 Å². The minimum atomic E-state index is -3.27. The van der Waals surface area contributed by atoms with E-state index in [1.807, 2.05) is 24.3 Å². The Morgan fingerprint density at radius 1 is 1.05 bits per heavy atom. The Morgan fingerprint density at radius 2 is 1.79 bits per heavy atom. The molecule has 0 unspecified atom stereocenters. The first kappa shape index (κ1) is 16.0. The molecule has 0 fully saturated rings. The highest BCUT2D eigenvalue weighted by molar-refractivity contribution is 7.92. The third-order valence-electron chi connectivity index (χ3n) is 2.78. The highest BCUT2D eigenvalue weighted by Gasteiger charge is 2.11. The molecule has 0 saturated carbocycles. The molecule has 0 radical (unpaired) electrons. The van der Waals surface area contributed by atoms with E-state index in [-0.39, 0.29) is 5.75 Å². The lowest BCUT2D eigenvalue weighted by atomic mass is 10.1. The largest absolute Gasteiger partial charge is 0.316 e. The Labute approximate surface area is 116 Å². The number of rotatable bonds is 9. The van der Waals surface area contributed by atoms with Gasteiger partial charge < -0.3 is 5.32 Å². The van der Waals surface area contributed by atoms with Crippen LogP contribution in [0.1, 0.15) is 32.3 Å². The Morgan fingerprint density at radius 3 is 2.47 bits per heavy atom. The van der Waals surface area contributed by atoms with Crippen LogP contribution in [-0.4, -0.2) is 27.3 Å². The summed E-state index contributed by atoms with van der Waals surface area (Å²) in [4.78, 5) is 0. The molecule has 0 spiro atoms. The molecule has 0 bridgehead atoms. The maximum Gasteiger partial charge on any atom is 0.233 e. The normalized spacial score (nSPS) is 11.5. The van der Waals surface area contributed by atoms with Gasteiger partial charge in [0.05, 0.1) is 11.4 Å². The van der Waals surface area contributed by atoms with E-state index in [0.717, 1.165) is 31.4 Å². The van der Waals surface area contributed by atoms with Crippen molar-refractivity contribution in [2.75, 3.05) is 23.6 Å². The van der Waals surface area contributed by atoms with Crippen molar-refractivity contribution in [3.05, 3.63) is 29.8 Å². The summed E-state index contributed by atoms with van der Waals surface area (Å²) in [7, 11) is -3.27. The standard InChI is InChI=1S/C14H24N2O2S/c1-3-7-13-8-5-6-9-14(13)16-19(17,18)12-11-15-10-4-2/h5-6,8-9,15-16H,3-4,7,10-12H2,1-2H3. The summed E-state index contributed by atoms with van der Waals surface area (Å²) in [5, 5.41) is 3.10. The number of aryl methyl sites for hydroxylation is 1. The molecule has 1 aromatic rings. The molecule has 0 aliphatic rings. The zero-order valence-corrected chi connectivity index (χ0v) is 12.6. The number of sulfonamides is 1. The lowest BCUT2D eigenvalue weighted by Crippen LogP contribution is -2.27. The van der Waals surface area contributed by atoms with E-state index in [4.69, 9.17) is 0 Å².